The lowest BCUT2D eigenvalue weighted by atomic mass is 10.1. The zero-order chi connectivity index (χ0) is 15.5. The van der Waals surface area contributed by atoms with E-state index in [4.69, 9.17) is 9.15 Å². The Morgan fingerprint density at radius 1 is 1.41 bits per heavy atom. The number of fused-ring (bicyclic) bond motifs is 1. The van der Waals surface area contributed by atoms with Gasteiger partial charge in [0, 0.05) is 37.0 Å². The Bertz CT molecular complexity index is 789. The molecule has 0 aliphatic carbocycles. The number of hydrogen-bond acceptors (Lipinski definition) is 4. The van der Waals surface area contributed by atoms with Crippen LogP contribution < -0.4 is 10.4 Å². The molecule has 0 unspecified atom stereocenters. The highest BCUT2D eigenvalue weighted by atomic mass is 16.5. The molecule has 0 N–H and O–H groups in total. The number of nitrogens with zero attached hydrogens (tertiary/aromatic N) is 1. The van der Waals surface area contributed by atoms with Gasteiger partial charge >= 0.3 is 5.63 Å². The summed E-state index contributed by atoms with van der Waals surface area (Å²) < 4.78 is 11.2. The van der Waals surface area contributed by atoms with Gasteiger partial charge in [-0.2, -0.15) is 0 Å². The highest BCUT2D eigenvalue weighted by molar-refractivity contribution is 5.81. The molecule has 0 radical (unpaired) electrons. The smallest absolute Gasteiger partial charge is 0.336 e. The van der Waals surface area contributed by atoms with Gasteiger partial charge in [-0.1, -0.05) is 6.08 Å². The maximum atomic E-state index is 11.7. The van der Waals surface area contributed by atoms with Crippen molar-refractivity contribution in [3.05, 3.63) is 64.7 Å². The summed E-state index contributed by atoms with van der Waals surface area (Å²) in [6, 6.07) is 7.14. The van der Waals surface area contributed by atoms with E-state index in [2.05, 4.69) is 24.6 Å². The first-order valence-corrected chi connectivity index (χ1v) is 7.39. The average molecular weight is 297 g/mol. The molecule has 2 aromatic rings. The molecule has 0 fully saturated rings. The Hall–Kier alpha value is -2.33. The zero-order valence-corrected chi connectivity index (χ0v) is 12.7. The van der Waals surface area contributed by atoms with Crippen molar-refractivity contribution in [2.45, 2.75) is 12.8 Å². The molecular weight excluding hydrogens is 278 g/mol. The minimum atomic E-state index is -0.347. The molecule has 0 saturated heterocycles. The Kier molecular flexibility index (Phi) is 4.11. The summed E-state index contributed by atoms with van der Waals surface area (Å²) in [5.74, 6) is 1.66. The molecule has 22 heavy (non-hydrogen) atoms. The van der Waals surface area contributed by atoms with Crippen LogP contribution in [0.25, 0.3) is 11.0 Å². The van der Waals surface area contributed by atoms with E-state index in [1.165, 1.54) is 6.07 Å². The summed E-state index contributed by atoms with van der Waals surface area (Å²) in [4.78, 5) is 13.9. The molecule has 1 aromatic heterocycles. The summed E-state index contributed by atoms with van der Waals surface area (Å²) in [5, 5.41) is 0.921. The molecule has 0 saturated carbocycles. The van der Waals surface area contributed by atoms with Crippen LogP contribution >= 0.6 is 0 Å². The third-order valence-corrected chi connectivity index (χ3v) is 3.79. The Labute approximate surface area is 129 Å². The number of benzene rings is 1. The van der Waals surface area contributed by atoms with Gasteiger partial charge in [0.2, 0.25) is 0 Å². The van der Waals surface area contributed by atoms with E-state index in [0.717, 1.165) is 36.2 Å². The molecule has 1 aromatic carbocycles. The fourth-order valence-electron chi connectivity index (χ4n) is 2.59. The van der Waals surface area contributed by atoms with E-state index in [1.807, 2.05) is 12.1 Å². The summed E-state index contributed by atoms with van der Waals surface area (Å²) >= 11 is 0. The van der Waals surface area contributed by atoms with Gasteiger partial charge in [0.05, 0.1) is 0 Å². The average Bonchev–Trinajstić information content (AvgIpc) is 2.49. The maximum absolute atomic E-state index is 11.7. The molecule has 4 heteroatoms. The van der Waals surface area contributed by atoms with Crippen LogP contribution in [-0.4, -0.2) is 25.0 Å². The molecule has 4 nitrogen and oxygen atoms in total. The zero-order valence-electron chi connectivity index (χ0n) is 12.7. The van der Waals surface area contributed by atoms with Crippen molar-refractivity contribution >= 4 is 11.0 Å². The fraction of sp³-hybridized carbons (Fsp3) is 0.278. The van der Waals surface area contributed by atoms with Gasteiger partial charge < -0.3 is 14.1 Å². The van der Waals surface area contributed by atoms with Crippen LogP contribution in [0, 0.1) is 0 Å². The third kappa shape index (κ3) is 3.12. The van der Waals surface area contributed by atoms with Crippen molar-refractivity contribution in [3.63, 3.8) is 0 Å². The van der Waals surface area contributed by atoms with Crippen LogP contribution in [0.5, 0.6) is 5.75 Å². The number of ether oxygens (including phenoxy) is 1. The summed E-state index contributed by atoms with van der Waals surface area (Å²) in [6.45, 7) is 5.60. The molecule has 1 aliphatic rings. The number of allylic oxidation sites excluding steroid dienone is 1. The standard InChI is InChI=1S/C18H19NO3/c1-3-4-13-11-18(20)22-17-12-15(5-6-16(13)17)21-14-7-9-19(2)10-8-14/h3,5-7,11-12H,1,4,8-10H2,2H3. The van der Waals surface area contributed by atoms with Crippen molar-refractivity contribution in [2.24, 2.45) is 0 Å². The van der Waals surface area contributed by atoms with Crippen LogP contribution in [0.4, 0.5) is 0 Å². The normalized spacial score (nSPS) is 15.6. The van der Waals surface area contributed by atoms with E-state index in [-0.39, 0.29) is 5.63 Å². The van der Waals surface area contributed by atoms with E-state index >= 15 is 0 Å². The van der Waals surface area contributed by atoms with Crippen LogP contribution in [0.3, 0.4) is 0 Å². The Morgan fingerprint density at radius 3 is 3.00 bits per heavy atom. The number of hydrogen-bond donors (Lipinski definition) is 0. The van der Waals surface area contributed by atoms with E-state index in [0.29, 0.717) is 17.8 Å². The van der Waals surface area contributed by atoms with Crippen LogP contribution in [0.15, 0.2) is 58.0 Å². The maximum Gasteiger partial charge on any atom is 0.336 e. The van der Waals surface area contributed by atoms with Gasteiger partial charge in [-0.05, 0) is 37.2 Å². The minimum Gasteiger partial charge on any atom is -0.462 e. The van der Waals surface area contributed by atoms with Gasteiger partial charge in [0.15, 0.2) is 0 Å². The summed E-state index contributed by atoms with van der Waals surface area (Å²) in [6.07, 6.45) is 5.38. The van der Waals surface area contributed by atoms with Crippen LogP contribution in [-0.2, 0) is 6.42 Å². The van der Waals surface area contributed by atoms with Gasteiger partial charge in [0.1, 0.15) is 17.1 Å². The van der Waals surface area contributed by atoms with Crippen molar-refractivity contribution in [1.82, 2.24) is 4.90 Å². The lowest BCUT2D eigenvalue weighted by Gasteiger charge is -2.21. The highest BCUT2D eigenvalue weighted by Gasteiger charge is 2.11. The lowest BCUT2D eigenvalue weighted by Crippen LogP contribution is -2.25. The first kappa shape index (κ1) is 14.6. The van der Waals surface area contributed by atoms with Gasteiger partial charge in [-0.3, -0.25) is 0 Å². The first-order valence-electron chi connectivity index (χ1n) is 7.39. The van der Waals surface area contributed by atoms with E-state index < -0.39 is 0 Å². The second-order valence-electron chi connectivity index (χ2n) is 5.53. The van der Waals surface area contributed by atoms with Gasteiger partial charge in [-0.25, -0.2) is 4.79 Å². The second kappa shape index (κ2) is 6.20. The predicted molar refractivity (Wildman–Crippen MR) is 87.2 cm³/mol. The van der Waals surface area contributed by atoms with E-state index in [9.17, 15) is 4.79 Å². The molecule has 0 bridgehead atoms. The van der Waals surface area contributed by atoms with Crippen molar-refractivity contribution in [1.29, 1.82) is 0 Å². The molecule has 2 heterocycles. The minimum absolute atomic E-state index is 0.347. The quantitative estimate of drug-likeness (QED) is 0.642. The molecule has 0 amide bonds. The highest BCUT2D eigenvalue weighted by Crippen LogP contribution is 2.25. The van der Waals surface area contributed by atoms with Crippen molar-refractivity contribution < 1.29 is 9.15 Å². The molecular formula is C18H19NO3. The van der Waals surface area contributed by atoms with Crippen molar-refractivity contribution in [3.8, 4) is 5.75 Å². The molecule has 0 atom stereocenters. The van der Waals surface area contributed by atoms with Gasteiger partial charge in [0.25, 0.3) is 0 Å². The Morgan fingerprint density at radius 2 is 2.27 bits per heavy atom. The Balaban J connectivity index is 1.93. The second-order valence-corrected chi connectivity index (χ2v) is 5.53. The van der Waals surface area contributed by atoms with Crippen LogP contribution in [0.1, 0.15) is 12.0 Å². The topological polar surface area (TPSA) is 42.7 Å². The largest absolute Gasteiger partial charge is 0.462 e. The van der Waals surface area contributed by atoms with Crippen LogP contribution in [0.2, 0.25) is 0 Å². The SMILES string of the molecule is C=CCc1cc(=O)oc2cc(OC3=CCN(C)CC3)ccc12. The lowest BCUT2D eigenvalue weighted by molar-refractivity contribution is 0.302. The van der Waals surface area contributed by atoms with E-state index in [1.54, 1.807) is 12.1 Å². The number of likely N-dealkylation sites (N-methyl/N-ethyl adjacent to an activating group) is 1. The predicted octanol–water partition coefficient (Wildman–Crippen LogP) is 3.12. The summed E-state index contributed by atoms with van der Waals surface area (Å²) in [5.41, 5.74) is 1.13. The first-order chi connectivity index (χ1) is 10.7. The third-order valence-electron chi connectivity index (χ3n) is 3.79. The monoisotopic (exact) mass is 297 g/mol. The molecule has 3 rings (SSSR count). The molecule has 0 spiro atoms. The van der Waals surface area contributed by atoms with Crippen molar-refractivity contribution in [2.75, 3.05) is 20.1 Å². The molecule has 114 valence electrons. The number of rotatable bonds is 4. The van der Waals surface area contributed by atoms with Gasteiger partial charge in [-0.15, -0.1) is 6.58 Å². The summed E-state index contributed by atoms with van der Waals surface area (Å²) in [7, 11) is 2.08. The fourth-order valence-corrected chi connectivity index (χ4v) is 2.59. The molecule has 1 aliphatic heterocycles.